The van der Waals surface area contributed by atoms with Gasteiger partial charge in [-0.2, -0.15) is 0 Å². The van der Waals surface area contributed by atoms with E-state index < -0.39 is 7.26 Å². The maximum absolute atomic E-state index is 12.1. The number of unbranched alkanes of at least 4 members (excludes halogenated alkanes) is 3. The minimum atomic E-state index is -0.901. The first-order valence-electron chi connectivity index (χ1n) is 12.5. The smallest absolute Gasteiger partial charge is 0.220 e. The molecule has 0 aliphatic heterocycles. The SMILES string of the molecule is CCCC[P+](CCCC)(CCCC)CCCNC(=O)CCC(=O)CCC(=O)C(C)C. The Morgan fingerprint density at radius 3 is 1.63 bits per heavy atom. The lowest BCUT2D eigenvalue weighted by atomic mass is 10.0. The molecule has 5 heteroatoms. The van der Waals surface area contributed by atoms with Crippen molar-refractivity contribution in [3.05, 3.63) is 0 Å². The third-order valence-corrected chi connectivity index (χ3v) is 11.1. The third kappa shape index (κ3) is 14.3. The first-order valence-corrected chi connectivity index (χ1v) is 15.0. The summed E-state index contributed by atoms with van der Waals surface area (Å²) in [6, 6.07) is 0. The minimum absolute atomic E-state index is 0.0165. The van der Waals surface area contributed by atoms with Crippen molar-refractivity contribution in [1.29, 1.82) is 0 Å². The Morgan fingerprint density at radius 2 is 1.17 bits per heavy atom. The summed E-state index contributed by atoms with van der Waals surface area (Å²) in [4.78, 5) is 35.6. The summed E-state index contributed by atoms with van der Waals surface area (Å²) in [6.45, 7) is 11.3. The molecular formula is C25H49NO3P+. The molecule has 0 radical (unpaired) electrons. The van der Waals surface area contributed by atoms with E-state index in [0.29, 0.717) is 6.42 Å². The van der Waals surface area contributed by atoms with E-state index in [1.54, 1.807) is 0 Å². The molecule has 176 valence electrons. The first-order chi connectivity index (χ1) is 14.3. The van der Waals surface area contributed by atoms with Crippen LogP contribution in [-0.4, -0.2) is 48.7 Å². The normalized spacial score (nSPS) is 11.7. The second-order valence-electron chi connectivity index (χ2n) is 9.16. The molecule has 0 aromatic carbocycles. The van der Waals surface area contributed by atoms with Gasteiger partial charge in [0.1, 0.15) is 11.6 Å². The summed E-state index contributed by atoms with van der Waals surface area (Å²) in [6.07, 6.45) is 15.5. The van der Waals surface area contributed by atoms with Gasteiger partial charge in [0.25, 0.3) is 0 Å². The van der Waals surface area contributed by atoms with Crippen molar-refractivity contribution in [2.75, 3.05) is 31.2 Å². The fourth-order valence-electron chi connectivity index (χ4n) is 3.81. The van der Waals surface area contributed by atoms with E-state index in [4.69, 9.17) is 0 Å². The second kappa shape index (κ2) is 17.9. The lowest BCUT2D eigenvalue weighted by molar-refractivity contribution is -0.127. The molecule has 0 saturated carbocycles. The average molecular weight is 443 g/mol. The molecule has 0 aromatic rings. The van der Waals surface area contributed by atoms with Crippen molar-refractivity contribution in [2.45, 2.75) is 105 Å². The van der Waals surface area contributed by atoms with Crippen LogP contribution < -0.4 is 5.32 Å². The number of carbonyl (C=O) groups is 3. The van der Waals surface area contributed by atoms with Crippen LogP contribution in [0.2, 0.25) is 0 Å². The highest BCUT2D eigenvalue weighted by Crippen LogP contribution is 2.61. The molecule has 1 N–H and O–H groups in total. The first kappa shape index (κ1) is 29.2. The number of rotatable bonds is 20. The van der Waals surface area contributed by atoms with Crippen molar-refractivity contribution in [3.63, 3.8) is 0 Å². The maximum atomic E-state index is 12.1. The van der Waals surface area contributed by atoms with E-state index in [0.717, 1.165) is 13.0 Å². The van der Waals surface area contributed by atoms with Crippen LogP contribution in [0.1, 0.15) is 105 Å². The Balaban J connectivity index is 4.32. The molecule has 0 saturated heterocycles. The van der Waals surface area contributed by atoms with Gasteiger partial charge in [-0.3, -0.25) is 14.4 Å². The minimum Gasteiger partial charge on any atom is -0.356 e. The van der Waals surface area contributed by atoms with E-state index >= 15 is 0 Å². The molecule has 0 spiro atoms. The van der Waals surface area contributed by atoms with Gasteiger partial charge in [-0.1, -0.05) is 53.9 Å². The van der Waals surface area contributed by atoms with Crippen LogP contribution >= 0.6 is 7.26 Å². The Labute approximate surface area is 187 Å². The Morgan fingerprint density at radius 1 is 0.700 bits per heavy atom. The highest BCUT2D eigenvalue weighted by Gasteiger charge is 2.34. The molecule has 0 atom stereocenters. The predicted octanol–water partition coefficient (Wildman–Crippen LogP) is 6.27. The van der Waals surface area contributed by atoms with Gasteiger partial charge in [0.15, 0.2) is 0 Å². The standard InChI is InChI=1S/C25H48NO3P/c1-6-9-18-30(19-10-7-2,20-11-8-3)21-12-17-26-25(29)16-14-23(27)13-15-24(28)22(4)5/h22H,6-21H2,1-5H3/p+1. The molecule has 0 aliphatic carbocycles. The van der Waals surface area contributed by atoms with Crippen molar-refractivity contribution in [2.24, 2.45) is 5.92 Å². The van der Waals surface area contributed by atoms with Crippen molar-refractivity contribution < 1.29 is 14.4 Å². The van der Waals surface area contributed by atoms with E-state index in [2.05, 4.69) is 26.1 Å². The molecule has 0 unspecified atom stereocenters. The van der Waals surface area contributed by atoms with E-state index in [-0.39, 0.29) is 42.7 Å². The van der Waals surface area contributed by atoms with Crippen molar-refractivity contribution >= 4 is 24.7 Å². The van der Waals surface area contributed by atoms with Gasteiger partial charge < -0.3 is 5.32 Å². The van der Waals surface area contributed by atoms with Crippen LogP contribution in [0.4, 0.5) is 0 Å². The van der Waals surface area contributed by atoms with E-state index in [1.807, 2.05) is 13.8 Å². The summed E-state index contributed by atoms with van der Waals surface area (Å²) in [5.74, 6) is 0.0813. The van der Waals surface area contributed by atoms with Gasteiger partial charge >= 0.3 is 0 Å². The number of ketones is 2. The zero-order valence-corrected chi connectivity index (χ0v) is 21.5. The largest absolute Gasteiger partial charge is 0.356 e. The fraction of sp³-hybridized carbons (Fsp3) is 0.880. The van der Waals surface area contributed by atoms with Crippen molar-refractivity contribution in [1.82, 2.24) is 5.32 Å². The predicted molar refractivity (Wildman–Crippen MR) is 132 cm³/mol. The second-order valence-corrected chi connectivity index (χ2v) is 13.6. The maximum Gasteiger partial charge on any atom is 0.220 e. The quantitative estimate of drug-likeness (QED) is 0.179. The zero-order valence-electron chi connectivity index (χ0n) is 20.6. The molecule has 0 heterocycles. The van der Waals surface area contributed by atoms with Crippen LogP contribution in [0.3, 0.4) is 0 Å². The lowest BCUT2D eigenvalue weighted by Gasteiger charge is -2.28. The van der Waals surface area contributed by atoms with E-state index in [1.165, 1.54) is 63.2 Å². The van der Waals surface area contributed by atoms with Crippen LogP contribution in [0, 0.1) is 5.92 Å². The molecule has 0 aromatic heterocycles. The van der Waals surface area contributed by atoms with Crippen LogP contribution in [-0.2, 0) is 14.4 Å². The number of Topliss-reactive ketones (excluding diaryl/α,β-unsaturated/α-hetero) is 2. The molecule has 0 aliphatic rings. The highest BCUT2D eigenvalue weighted by atomic mass is 31.2. The summed E-state index contributed by atoms with van der Waals surface area (Å²) >= 11 is 0. The molecule has 4 nitrogen and oxygen atoms in total. The number of hydrogen-bond donors (Lipinski definition) is 1. The van der Waals surface area contributed by atoms with Gasteiger partial charge in [-0.25, -0.2) is 0 Å². The molecule has 0 rings (SSSR count). The monoisotopic (exact) mass is 442 g/mol. The van der Waals surface area contributed by atoms with E-state index in [9.17, 15) is 14.4 Å². The Kier molecular flexibility index (Phi) is 17.4. The summed E-state index contributed by atoms with van der Waals surface area (Å²) in [5, 5.41) is 3.02. The molecule has 0 fully saturated rings. The zero-order chi connectivity index (χ0) is 22.8. The Hall–Kier alpha value is -0.760. The highest BCUT2D eigenvalue weighted by molar-refractivity contribution is 7.75. The summed E-state index contributed by atoms with van der Waals surface area (Å²) < 4.78 is 0. The molecule has 1 amide bonds. The van der Waals surface area contributed by atoms with Crippen LogP contribution in [0.5, 0.6) is 0 Å². The van der Waals surface area contributed by atoms with Gasteiger partial charge in [-0.05, 0) is 25.7 Å². The molecule has 0 bridgehead atoms. The summed E-state index contributed by atoms with van der Waals surface area (Å²) in [7, 11) is -0.901. The van der Waals surface area contributed by atoms with Gasteiger partial charge in [0.05, 0.1) is 24.6 Å². The van der Waals surface area contributed by atoms with Gasteiger partial charge in [-0.15, -0.1) is 0 Å². The lowest BCUT2D eigenvalue weighted by Crippen LogP contribution is -2.26. The third-order valence-electron chi connectivity index (χ3n) is 6.01. The molecule has 30 heavy (non-hydrogen) atoms. The van der Waals surface area contributed by atoms with Gasteiger partial charge in [0, 0.05) is 45.4 Å². The molecular weight excluding hydrogens is 393 g/mol. The fourth-order valence-corrected chi connectivity index (χ4v) is 8.94. The van der Waals surface area contributed by atoms with Gasteiger partial charge in [0.2, 0.25) is 5.91 Å². The van der Waals surface area contributed by atoms with Crippen LogP contribution in [0.15, 0.2) is 0 Å². The number of carbonyl (C=O) groups excluding carboxylic acids is 3. The number of hydrogen-bond acceptors (Lipinski definition) is 3. The number of amides is 1. The number of nitrogens with one attached hydrogen (secondary N) is 1. The van der Waals surface area contributed by atoms with Crippen LogP contribution in [0.25, 0.3) is 0 Å². The average Bonchev–Trinajstić information content (AvgIpc) is 2.73. The summed E-state index contributed by atoms with van der Waals surface area (Å²) in [5.41, 5.74) is 0. The van der Waals surface area contributed by atoms with Crippen molar-refractivity contribution in [3.8, 4) is 0 Å². The Bertz CT molecular complexity index is 469. The topological polar surface area (TPSA) is 63.2 Å².